The Labute approximate surface area is 206 Å². The molecular weight excluding hydrogens is 464 g/mol. The molecule has 3 aromatic carbocycles. The van der Waals surface area contributed by atoms with Crippen molar-refractivity contribution in [2.24, 2.45) is 5.92 Å². The molecule has 0 fully saturated rings. The van der Waals surface area contributed by atoms with Gasteiger partial charge in [0.1, 0.15) is 5.75 Å². The molecule has 0 bridgehead atoms. The second-order valence-corrected chi connectivity index (χ2v) is 10.1. The Morgan fingerprint density at radius 2 is 1.76 bits per heavy atom. The van der Waals surface area contributed by atoms with Gasteiger partial charge in [-0.25, -0.2) is 0 Å². The molecule has 5 nitrogen and oxygen atoms in total. The maximum atomic E-state index is 13.5. The van der Waals surface area contributed by atoms with Gasteiger partial charge in [-0.05, 0) is 35.4 Å². The highest BCUT2D eigenvalue weighted by atomic mass is 32.2. The maximum absolute atomic E-state index is 13.5. The molecule has 1 N–H and O–H groups in total. The van der Waals surface area contributed by atoms with E-state index in [0.717, 1.165) is 32.5 Å². The van der Waals surface area contributed by atoms with Gasteiger partial charge in [0.2, 0.25) is 5.91 Å². The first-order valence-electron chi connectivity index (χ1n) is 11.0. The van der Waals surface area contributed by atoms with Crippen LogP contribution in [0.1, 0.15) is 21.9 Å². The van der Waals surface area contributed by atoms with Crippen molar-refractivity contribution < 1.29 is 9.53 Å². The number of methoxy groups -OCH3 is 1. The number of nitrogens with one attached hydrogen (secondary N) is 1. The summed E-state index contributed by atoms with van der Waals surface area (Å²) >= 11 is 2.84. The number of hydrogen-bond donors (Lipinski definition) is 1. The zero-order valence-electron chi connectivity index (χ0n) is 18.6. The molecule has 0 aliphatic carbocycles. The monoisotopic (exact) mass is 488 g/mol. The Hall–Kier alpha value is -3.29. The summed E-state index contributed by atoms with van der Waals surface area (Å²) in [4.78, 5) is 27.5. The van der Waals surface area contributed by atoms with Gasteiger partial charge in [-0.15, -0.1) is 11.8 Å². The van der Waals surface area contributed by atoms with Crippen molar-refractivity contribution in [1.82, 2.24) is 4.57 Å². The zero-order valence-corrected chi connectivity index (χ0v) is 20.3. The van der Waals surface area contributed by atoms with Crippen molar-refractivity contribution in [2.45, 2.75) is 17.5 Å². The van der Waals surface area contributed by atoms with Crippen LogP contribution < -0.4 is 14.9 Å². The highest BCUT2D eigenvalue weighted by Crippen LogP contribution is 2.47. The summed E-state index contributed by atoms with van der Waals surface area (Å²) in [6.45, 7) is 0.518. The number of fused-ring (bicyclic) bond motifs is 1. The standard InChI is InChI=1S/C27H24N2O3S2/c1-32-21-14-8-11-19(15-21)23-22(25(30)28-20-12-6-3-7-13-20)17-33-26-24(23)34-27(31)29(26)16-18-9-4-2-5-10-18/h2-15,22-23H,16-17H2,1H3,(H,28,30)/t22-,23+/m1/s1. The van der Waals surface area contributed by atoms with Gasteiger partial charge < -0.3 is 10.1 Å². The fourth-order valence-electron chi connectivity index (χ4n) is 4.31. The van der Waals surface area contributed by atoms with E-state index in [1.807, 2.05) is 89.5 Å². The largest absolute Gasteiger partial charge is 0.497 e. The van der Waals surface area contributed by atoms with Gasteiger partial charge in [-0.1, -0.05) is 72.0 Å². The van der Waals surface area contributed by atoms with Crippen LogP contribution in [0.2, 0.25) is 0 Å². The zero-order chi connectivity index (χ0) is 23.5. The van der Waals surface area contributed by atoms with Crippen molar-refractivity contribution in [2.75, 3.05) is 18.2 Å². The number of nitrogens with zero attached hydrogens (tertiary/aromatic N) is 1. The van der Waals surface area contributed by atoms with Gasteiger partial charge >= 0.3 is 4.87 Å². The van der Waals surface area contributed by atoms with Gasteiger partial charge in [-0.2, -0.15) is 0 Å². The number of ether oxygens (including phenoxy) is 1. The van der Waals surface area contributed by atoms with Crippen molar-refractivity contribution in [3.8, 4) is 5.75 Å². The van der Waals surface area contributed by atoms with E-state index in [-0.39, 0.29) is 22.6 Å². The maximum Gasteiger partial charge on any atom is 0.308 e. The molecule has 1 amide bonds. The van der Waals surface area contributed by atoms with Gasteiger partial charge in [-0.3, -0.25) is 14.2 Å². The van der Waals surface area contributed by atoms with E-state index in [1.54, 1.807) is 18.9 Å². The number of benzene rings is 3. The number of thiazole rings is 1. The molecular formula is C27H24N2O3S2. The van der Waals surface area contributed by atoms with Crippen LogP contribution in [0.25, 0.3) is 0 Å². The van der Waals surface area contributed by atoms with Gasteiger partial charge in [0.15, 0.2) is 0 Å². The summed E-state index contributed by atoms with van der Waals surface area (Å²) < 4.78 is 7.31. The average molecular weight is 489 g/mol. The average Bonchev–Trinajstić information content (AvgIpc) is 3.19. The van der Waals surface area contributed by atoms with E-state index in [2.05, 4.69) is 5.32 Å². The lowest BCUT2D eigenvalue weighted by Gasteiger charge is -2.31. The van der Waals surface area contributed by atoms with Crippen molar-refractivity contribution in [3.05, 3.63) is 111 Å². The number of para-hydroxylation sites is 1. The Balaban J connectivity index is 1.56. The lowest BCUT2D eigenvalue weighted by atomic mass is 9.85. The minimum absolute atomic E-state index is 0.00151. The summed E-state index contributed by atoms with van der Waals surface area (Å²) in [6.07, 6.45) is 0. The lowest BCUT2D eigenvalue weighted by Crippen LogP contribution is -2.33. The van der Waals surface area contributed by atoms with Crippen molar-refractivity contribution in [1.29, 1.82) is 0 Å². The molecule has 0 spiro atoms. The molecule has 0 unspecified atom stereocenters. The normalized spacial score (nSPS) is 17.1. The number of amides is 1. The molecule has 5 rings (SSSR count). The lowest BCUT2D eigenvalue weighted by molar-refractivity contribution is -0.119. The second kappa shape index (κ2) is 9.91. The number of aromatic nitrogens is 1. The topological polar surface area (TPSA) is 60.3 Å². The van der Waals surface area contributed by atoms with E-state index < -0.39 is 0 Å². The fraction of sp³-hybridized carbons (Fsp3) is 0.185. The van der Waals surface area contributed by atoms with Crippen molar-refractivity contribution >= 4 is 34.7 Å². The number of carbonyl (C=O) groups is 1. The third kappa shape index (κ3) is 4.54. The van der Waals surface area contributed by atoms with Gasteiger partial charge in [0.05, 0.1) is 24.6 Å². The molecule has 2 heterocycles. The third-order valence-electron chi connectivity index (χ3n) is 5.97. The second-order valence-electron chi connectivity index (χ2n) is 8.14. The van der Waals surface area contributed by atoms with E-state index in [0.29, 0.717) is 12.3 Å². The smallest absolute Gasteiger partial charge is 0.308 e. The number of hydrogen-bond acceptors (Lipinski definition) is 5. The number of carbonyl (C=O) groups excluding carboxylic acids is 1. The minimum atomic E-state index is -0.326. The number of rotatable bonds is 6. The summed E-state index contributed by atoms with van der Waals surface area (Å²) in [5, 5.41) is 4.02. The molecule has 1 aliphatic heterocycles. The minimum Gasteiger partial charge on any atom is -0.497 e. The highest BCUT2D eigenvalue weighted by molar-refractivity contribution is 7.99. The molecule has 2 atom stereocenters. The molecule has 0 radical (unpaired) electrons. The van der Waals surface area contributed by atoms with Crippen LogP contribution in [0, 0.1) is 5.92 Å². The number of anilines is 1. The molecule has 7 heteroatoms. The first-order valence-corrected chi connectivity index (χ1v) is 12.8. The van der Waals surface area contributed by atoms with Crippen LogP contribution in [-0.4, -0.2) is 23.3 Å². The Morgan fingerprint density at radius 1 is 1.03 bits per heavy atom. The molecule has 0 saturated carbocycles. The Kier molecular flexibility index (Phi) is 6.56. The van der Waals surface area contributed by atoms with E-state index in [4.69, 9.17) is 4.74 Å². The first kappa shape index (κ1) is 22.5. The van der Waals surface area contributed by atoms with E-state index >= 15 is 0 Å². The van der Waals surface area contributed by atoms with Crippen LogP contribution in [0.5, 0.6) is 5.75 Å². The Bertz CT molecular complexity index is 1350. The van der Waals surface area contributed by atoms with Crippen LogP contribution in [0.15, 0.2) is 94.7 Å². The summed E-state index contributed by atoms with van der Waals surface area (Å²) in [7, 11) is 1.63. The van der Waals surface area contributed by atoms with E-state index in [1.165, 1.54) is 11.3 Å². The highest BCUT2D eigenvalue weighted by Gasteiger charge is 2.39. The van der Waals surface area contributed by atoms with Crippen LogP contribution in [-0.2, 0) is 11.3 Å². The van der Waals surface area contributed by atoms with Crippen molar-refractivity contribution in [3.63, 3.8) is 0 Å². The van der Waals surface area contributed by atoms with Crippen LogP contribution in [0.4, 0.5) is 5.69 Å². The molecule has 1 aromatic heterocycles. The molecule has 34 heavy (non-hydrogen) atoms. The molecule has 172 valence electrons. The first-order chi connectivity index (χ1) is 16.6. The van der Waals surface area contributed by atoms with Gasteiger partial charge in [0, 0.05) is 22.2 Å². The predicted octanol–water partition coefficient (Wildman–Crippen LogP) is 5.46. The fourth-order valence-corrected chi connectivity index (χ4v) is 7.00. The summed E-state index contributed by atoms with van der Waals surface area (Å²) in [5.41, 5.74) is 2.82. The quantitative estimate of drug-likeness (QED) is 0.392. The summed E-state index contributed by atoms with van der Waals surface area (Å²) in [5.74, 6) is 0.708. The van der Waals surface area contributed by atoms with E-state index in [9.17, 15) is 9.59 Å². The number of thioether (sulfide) groups is 1. The predicted molar refractivity (Wildman–Crippen MR) is 138 cm³/mol. The molecule has 4 aromatic rings. The Morgan fingerprint density at radius 3 is 2.50 bits per heavy atom. The summed E-state index contributed by atoms with van der Waals surface area (Å²) in [6, 6.07) is 27.3. The third-order valence-corrected chi connectivity index (χ3v) is 8.40. The van der Waals surface area contributed by atoms with Crippen LogP contribution >= 0.6 is 23.1 Å². The molecule has 0 saturated heterocycles. The van der Waals surface area contributed by atoms with Gasteiger partial charge in [0.25, 0.3) is 0 Å². The molecule has 1 aliphatic rings. The SMILES string of the molecule is COc1cccc([C@@H]2c3sc(=O)n(Cc4ccccc4)c3SC[C@H]2C(=O)Nc2ccccc2)c1. The van der Waals surface area contributed by atoms with Crippen LogP contribution in [0.3, 0.4) is 0 Å².